The highest BCUT2D eigenvalue weighted by Crippen LogP contribution is 2.17. The number of esters is 1. The second-order valence-corrected chi connectivity index (χ2v) is 7.00. The molecule has 1 heterocycles. The molecule has 11 nitrogen and oxygen atoms in total. The Morgan fingerprint density at radius 2 is 1.82 bits per heavy atom. The molecule has 2 rings (SSSR count). The van der Waals surface area contributed by atoms with Gasteiger partial charge in [0.15, 0.2) is 0 Å². The molecule has 0 saturated heterocycles. The maximum Gasteiger partial charge on any atom is 0.339 e. The van der Waals surface area contributed by atoms with Crippen molar-refractivity contribution in [1.82, 2.24) is 19.7 Å². The molecule has 2 amide bonds. The molecule has 150 valence electrons. The van der Waals surface area contributed by atoms with Crippen LogP contribution in [-0.2, 0) is 21.2 Å². The lowest BCUT2D eigenvalue weighted by molar-refractivity contribution is 0.0596. The molecule has 1 aromatic heterocycles. The first-order chi connectivity index (χ1) is 13.2. The standard InChI is InChI=1S/C16H19N5O6S/c1-5-12-17-14(19-15(18-12)27-4)21(2)16(23)20-28(24,25)11-9-7-6-8-10(11)13(22)26-3/h6-9H,5H2,1-4H3,(H,20,23). The number of aromatic nitrogens is 3. The fraction of sp³-hybridized carbons (Fsp3) is 0.312. The van der Waals surface area contributed by atoms with E-state index in [9.17, 15) is 18.0 Å². The molecule has 0 aliphatic carbocycles. The average Bonchev–Trinajstić information content (AvgIpc) is 2.71. The lowest BCUT2D eigenvalue weighted by atomic mass is 10.2. The van der Waals surface area contributed by atoms with Crippen LogP contribution in [0.5, 0.6) is 6.01 Å². The van der Waals surface area contributed by atoms with Crippen LogP contribution in [0, 0.1) is 0 Å². The summed E-state index contributed by atoms with van der Waals surface area (Å²) in [5, 5.41) is 0. The molecule has 0 atom stereocenters. The highest BCUT2D eigenvalue weighted by molar-refractivity contribution is 7.90. The number of rotatable bonds is 6. The van der Waals surface area contributed by atoms with Crippen molar-refractivity contribution >= 4 is 28.0 Å². The first kappa shape index (κ1) is 21.0. The van der Waals surface area contributed by atoms with E-state index in [2.05, 4.69) is 19.7 Å². The summed E-state index contributed by atoms with van der Waals surface area (Å²) in [6, 6.07) is 4.31. The Bertz CT molecular complexity index is 973. The topological polar surface area (TPSA) is 141 Å². The van der Waals surface area contributed by atoms with Crippen LogP contribution in [0.1, 0.15) is 23.1 Å². The van der Waals surface area contributed by atoms with Crippen molar-refractivity contribution in [1.29, 1.82) is 0 Å². The number of carbonyl (C=O) groups is 2. The van der Waals surface area contributed by atoms with Gasteiger partial charge >= 0.3 is 18.0 Å². The van der Waals surface area contributed by atoms with Crippen LogP contribution in [-0.4, -0.2) is 56.6 Å². The summed E-state index contributed by atoms with van der Waals surface area (Å²) in [4.78, 5) is 36.8. The summed E-state index contributed by atoms with van der Waals surface area (Å²) in [6.45, 7) is 1.80. The van der Waals surface area contributed by atoms with Crippen LogP contribution in [0.25, 0.3) is 0 Å². The van der Waals surface area contributed by atoms with Gasteiger partial charge in [-0.1, -0.05) is 19.1 Å². The van der Waals surface area contributed by atoms with Gasteiger partial charge in [-0.15, -0.1) is 0 Å². The van der Waals surface area contributed by atoms with Gasteiger partial charge in [0.1, 0.15) is 10.7 Å². The van der Waals surface area contributed by atoms with Crippen LogP contribution >= 0.6 is 0 Å². The Labute approximate surface area is 161 Å². The third-order valence-electron chi connectivity index (χ3n) is 3.56. The first-order valence-electron chi connectivity index (χ1n) is 8.00. The Morgan fingerprint density at radius 3 is 2.43 bits per heavy atom. The Balaban J connectivity index is 2.33. The predicted octanol–water partition coefficient (Wildman–Crippen LogP) is 0.764. The van der Waals surface area contributed by atoms with Gasteiger partial charge in [-0.05, 0) is 12.1 Å². The smallest absolute Gasteiger partial charge is 0.339 e. The van der Waals surface area contributed by atoms with Crippen molar-refractivity contribution in [3.05, 3.63) is 35.7 Å². The summed E-state index contributed by atoms with van der Waals surface area (Å²) >= 11 is 0. The van der Waals surface area contributed by atoms with Gasteiger partial charge < -0.3 is 9.47 Å². The number of ether oxygens (including phenoxy) is 2. The number of nitrogens with one attached hydrogen (secondary N) is 1. The van der Waals surface area contributed by atoms with E-state index >= 15 is 0 Å². The molecule has 12 heteroatoms. The fourth-order valence-electron chi connectivity index (χ4n) is 2.09. The van der Waals surface area contributed by atoms with Gasteiger partial charge in [-0.2, -0.15) is 15.0 Å². The number of aryl methyl sites for hydroxylation is 1. The maximum atomic E-state index is 12.6. The van der Waals surface area contributed by atoms with Crippen molar-refractivity contribution in [3.63, 3.8) is 0 Å². The van der Waals surface area contributed by atoms with Gasteiger partial charge in [0.25, 0.3) is 10.0 Å². The zero-order valence-electron chi connectivity index (χ0n) is 15.7. The van der Waals surface area contributed by atoms with E-state index in [1.54, 1.807) is 6.92 Å². The maximum absolute atomic E-state index is 12.6. The Kier molecular flexibility index (Phi) is 6.46. The second-order valence-electron chi connectivity index (χ2n) is 5.35. The van der Waals surface area contributed by atoms with E-state index in [-0.39, 0.29) is 17.5 Å². The van der Waals surface area contributed by atoms with Crippen LogP contribution in [0.3, 0.4) is 0 Å². The molecular formula is C16H19N5O6S. The molecule has 1 N–H and O–H groups in total. The Hall–Kier alpha value is -3.28. The third-order valence-corrected chi connectivity index (χ3v) is 4.93. The van der Waals surface area contributed by atoms with Crippen molar-refractivity contribution < 1.29 is 27.5 Å². The summed E-state index contributed by atoms with van der Waals surface area (Å²) in [7, 11) is -0.615. The molecule has 28 heavy (non-hydrogen) atoms. The number of hydrogen-bond donors (Lipinski definition) is 1. The highest BCUT2D eigenvalue weighted by atomic mass is 32.2. The third kappa shape index (κ3) is 4.52. The lowest BCUT2D eigenvalue weighted by Crippen LogP contribution is -2.42. The Morgan fingerprint density at radius 1 is 1.14 bits per heavy atom. The van der Waals surface area contributed by atoms with Crippen LogP contribution in [0.15, 0.2) is 29.2 Å². The molecule has 0 radical (unpaired) electrons. The first-order valence-corrected chi connectivity index (χ1v) is 9.48. The second kappa shape index (κ2) is 8.61. The van der Waals surface area contributed by atoms with Gasteiger partial charge in [0, 0.05) is 13.5 Å². The minimum absolute atomic E-state index is 0.0135. The minimum atomic E-state index is -4.37. The van der Waals surface area contributed by atoms with E-state index < -0.39 is 26.9 Å². The quantitative estimate of drug-likeness (QED) is 0.685. The number of hydrogen-bond acceptors (Lipinski definition) is 9. The number of benzene rings is 1. The number of urea groups is 1. The molecule has 0 aliphatic heterocycles. The number of amides is 2. The molecule has 0 saturated carbocycles. The fourth-order valence-corrected chi connectivity index (χ4v) is 3.27. The SMILES string of the molecule is CCc1nc(OC)nc(N(C)C(=O)NS(=O)(=O)c2ccccc2C(=O)OC)n1. The number of anilines is 1. The van der Waals surface area contributed by atoms with Gasteiger partial charge in [0.2, 0.25) is 5.95 Å². The summed E-state index contributed by atoms with van der Waals surface area (Å²) in [5.74, 6) is -0.588. The summed E-state index contributed by atoms with van der Waals surface area (Å²) in [5.41, 5.74) is -0.206. The molecule has 0 bridgehead atoms. The highest BCUT2D eigenvalue weighted by Gasteiger charge is 2.27. The van der Waals surface area contributed by atoms with Crippen molar-refractivity contribution in [2.45, 2.75) is 18.2 Å². The monoisotopic (exact) mass is 409 g/mol. The van der Waals surface area contributed by atoms with Crippen molar-refractivity contribution in [2.24, 2.45) is 0 Å². The van der Waals surface area contributed by atoms with E-state index in [1.165, 1.54) is 38.4 Å². The van der Waals surface area contributed by atoms with E-state index in [1.807, 2.05) is 4.72 Å². The van der Waals surface area contributed by atoms with Crippen LogP contribution in [0.4, 0.5) is 10.7 Å². The summed E-state index contributed by atoms with van der Waals surface area (Å²) in [6.07, 6.45) is 0.451. The van der Waals surface area contributed by atoms with Crippen molar-refractivity contribution in [3.8, 4) is 6.01 Å². The number of carbonyl (C=O) groups excluding carboxylic acids is 2. The van der Waals surface area contributed by atoms with Crippen LogP contribution in [0.2, 0.25) is 0 Å². The van der Waals surface area contributed by atoms with E-state index in [0.29, 0.717) is 12.2 Å². The predicted molar refractivity (Wildman–Crippen MR) is 97.7 cm³/mol. The largest absolute Gasteiger partial charge is 0.467 e. The zero-order chi connectivity index (χ0) is 20.9. The molecule has 2 aromatic rings. The molecule has 1 aromatic carbocycles. The number of methoxy groups -OCH3 is 2. The summed E-state index contributed by atoms with van der Waals surface area (Å²) < 4.78 is 36.7. The number of nitrogens with zero attached hydrogens (tertiary/aromatic N) is 4. The molecule has 0 spiro atoms. The average molecular weight is 409 g/mol. The van der Waals surface area contributed by atoms with Gasteiger partial charge in [-0.25, -0.2) is 22.7 Å². The van der Waals surface area contributed by atoms with E-state index in [4.69, 9.17) is 4.74 Å². The molecule has 0 unspecified atom stereocenters. The molecular weight excluding hydrogens is 390 g/mol. The molecule has 0 aliphatic rings. The number of sulfonamides is 1. The lowest BCUT2D eigenvalue weighted by Gasteiger charge is -2.17. The zero-order valence-corrected chi connectivity index (χ0v) is 16.5. The van der Waals surface area contributed by atoms with Gasteiger partial charge in [0.05, 0.1) is 19.8 Å². The normalized spacial score (nSPS) is 10.9. The van der Waals surface area contributed by atoms with Gasteiger partial charge in [-0.3, -0.25) is 4.90 Å². The molecule has 0 fully saturated rings. The van der Waals surface area contributed by atoms with E-state index in [0.717, 1.165) is 12.0 Å². The van der Waals surface area contributed by atoms with Crippen LogP contribution < -0.4 is 14.4 Å². The minimum Gasteiger partial charge on any atom is -0.467 e. The van der Waals surface area contributed by atoms with Crippen molar-refractivity contribution in [2.75, 3.05) is 26.2 Å².